The summed E-state index contributed by atoms with van der Waals surface area (Å²) >= 11 is 48.8. The summed E-state index contributed by atoms with van der Waals surface area (Å²) in [7, 11) is 0. The van der Waals surface area contributed by atoms with Crippen molar-refractivity contribution in [3.05, 3.63) is 82.1 Å². The van der Waals surface area contributed by atoms with Crippen LogP contribution < -0.4 is 0 Å². The number of rotatable bonds is 2. The molecule has 2 heterocycles. The van der Waals surface area contributed by atoms with Crippen molar-refractivity contribution in [1.82, 2.24) is 19.6 Å². The van der Waals surface area contributed by atoms with Crippen LogP contribution in [0.25, 0.3) is 22.5 Å². The Bertz CT molecular complexity index is 1250. The van der Waals surface area contributed by atoms with Gasteiger partial charge in [0, 0.05) is 21.2 Å². The van der Waals surface area contributed by atoms with Crippen molar-refractivity contribution < 1.29 is 4.79 Å². The largest absolute Gasteiger partial charge is 0.370 e. The molecule has 13 heteroatoms. The number of hydrogen-bond acceptors (Lipinski definition) is 3. The number of benzene rings is 2. The average molecular weight is 618 g/mol. The fourth-order valence-corrected chi connectivity index (χ4v) is 4.13. The van der Waals surface area contributed by atoms with E-state index >= 15 is 0 Å². The van der Waals surface area contributed by atoms with Crippen LogP contribution in [0.1, 0.15) is 11.4 Å². The van der Waals surface area contributed by atoms with Gasteiger partial charge in [0.1, 0.15) is 11.4 Å². The maximum Gasteiger partial charge on any atom is 0.370 e. The third-order valence-corrected chi connectivity index (χ3v) is 6.31. The maximum absolute atomic E-state index is 13.6. The highest BCUT2D eigenvalue weighted by molar-refractivity contribution is 6.67. The summed E-state index contributed by atoms with van der Waals surface area (Å²) < 4.78 is -2.20. The molecule has 176 valence electrons. The number of carbonyl (C=O) groups is 1. The van der Waals surface area contributed by atoms with Crippen LogP contribution in [0, 0.1) is 0 Å². The molecule has 4 aromatic rings. The Morgan fingerprint density at radius 2 is 0.941 bits per heavy atom. The molecule has 4 rings (SSSR count). The van der Waals surface area contributed by atoms with Crippen LogP contribution >= 0.6 is 92.8 Å². The Labute approximate surface area is 233 Å². The summed E-state index contributed by atoms with van der Waals surface area (Å²) in [6, 6.07) is 15.6. The van der Waals surface area contributed by atoms with Crippen LogP contribution in [0.15, 0.2) is 60.7 Å². The van der Waals surface area contributed by atoms with Crippen molar-refractivity contribution in [3.8, 4) is 22.5 Å². The lowest BCUT2D eigenvalue weighted by atomic mass is 10.1. The summed E-state index contributed by atoms with van der Waals surface area (Å²) in [5, 5.41) is 9.72. The van der Waals surface area contributed by atoms with Crippen molar-refractivity contribution >= 4 is 98.8 Å². The second-order valence-corrected chi connectivity index (χ2v) is 12.4. The summed E-state index contributed by atoms with van der Waals surface area (Å²) in [6.45, 7) is 0. The van der Waals surface area contributed by atoms with Gasteiger partial charge in [0.15, 0.2) is 0 Å². The van der Waals surface area contributed by atoms with E-state index < -0.39 is 13.6 Å². The van der Waals surface area contributed by atoms with Gasteiger partial charge < -0.3 is 0 Å². The Kier molecular flexibility index (Phi) is 7.41. The molecule has 0 amide bonds. The predicted octanol–water partition coefficient (Wildman–Crippen LogP) is 8.89. The number of carbonyl (C=O) groups excluding carboxylic acids is 1. The summed E-state index contributed by atoms with van der Waals surface area (Å²) in [4.78, 5) is 13.6. The van der Waals surface area contributed by atoms with E-state index in [1.165, 1.54) is 12.1 Å². The van der Waals surface area contributed by atoms with Crippen LogP contribution in [0.3, 0.4) is 0 Å². The fraction of sp³-hybridized carbons (Fsp3) is 0.0952. The minimum Gasteiger partial charge on any atom is -0.244 e. The predicted molar refractivity (Wildman–Crippen MR) is 140 cm³/mol. The highest BCUT2D eigenvalue weighted by Crippen LogP contribution is 2.42. The molecule has 0 fully saturated rings. The highest BCUT2D eigenvalue weighted by atomic mass is 35.6. The van der Waals surface area contributed by atoms with E-state index in [9.17, 15) is 4.79 Å². The molecule has 0 unspecified atom stereocenters. The second-order valence-electron chi connectivity index (χ2n) is 6.95. The summed E-state index contributed by atoms with van der Waals surface area (Å²) in [6.07, 6.45) is 0. The lowest BCUT2D eigenvalue weighted by Crippen LogP contribution is -2.29. The zero-order valence-corrected chi connectivity index (χ0v) is 22.5. The number of aromatic nitrogens is 4. The van der Waals surface area contributed by atoms with Gasteiger partial charge in [-0.3, -0.25) is 0 Å². The van der Waals surface area contributed by atoms with Crippen molar-refractivity contribution in [2.45, 2.75) is 7.59 Å². The normalized spacial score (nSPS) is 12.2. The number of hydrogen-bond donors (Lipinski definition) is 0. The molecule has 0 aliphatic carbocycles. The molecule has 0 saturated heterocycles. The van der Waals surface area contributed by atoms with Gasteiger partial charge in [-0.25, -0.2) is 4.79 Å². The number of nitrogens with zero attached hydrogens (tertiary/aromatic N) is 4. The van der Waals surface area contributed by atoms with Gasteiger partial charge in [0.05, 0.1) is 11.4 Å². The van der Waals surface area contributed by atoms with Crippen LogP contribution in [-0.4, -0.2) is 25.6 Å². The first kappa shape index (κ1) is 25.9. The molecule has 0 N–H and O–H groups in total. The second kappa shape index (κ2) is 9.72. The van der Waals surface area contributed by atoms with Crippen LogP contribution in [0.4, 0.5) is 4.79 Å². The van der Waals surface area contributed by atoms with Gasteiger partial charge in [-0.15, -0.1) is 0 Å². The van der Waals surface area contributed by atoms with E-state index in [-0.39, 0.29) is 11.4 Å². The molecule has 0 spiro atoms. The van der Waals surface area contributed by atoms with Gasteiger partial charge >= 0.3 is 6.03 Å². The number of halogens is 8. The minimum atomic E-state index is -2.00. The topological polar surface area (TPSA) is 52.7 Å². The molecule has 0 bridgehead atoms. The zero-order chi connectivity index (χ0) is 24.8. The van der Waals surface area contributed by atoms with Crippen LogP contribution in [-0.2, 0) is 7.59 Å². The van der Waals surface area contributed by atoms with Crippen LogP contribution in [0.5, 0.6) is 0 Å². The van der Waals surface area contributed by atoms with E-state index in [2.05, 4.69) is 10.2 Å². The standard InChI is InChI=1S/C21H10Cl8N4O/c22-13-5-1-11(2-6-13)15-9-17(20(24,25)26)32(30-15)19(34)33-18(21(27,28)29)10-16(31-33)12-3-7-14(23)8-4-12/h1-10H. The first-order valence-corrected chi connectivity index (χ1v) is 12.3. The fourth-order valence-electron chi connectivity index (χ4n) is 3.07. The maximum atomic E-state index is 13.6. The van der Waals surface area contributed by atoms with E-state index in [1.54, 1.807) is 48.5 Å². The lowest BCUT2D eigenvalue weighted by Gasteiger charge is -2.15. The molecular formula is C21H10Cl8N4O. The van der Waals surface area contributed by atoms with Gasteiger partial charge in [-0.05, 0) is 36.4 Å². The Morgan fingerprint density at radius 1 is 0.618 bits per heavy atom. The third-order valence-electron chi connectivity index (χ3n) is 4.64. The number of alkyl halides is 6. The Hall–Kier alpha value is -1.15. The van der Waals surface area contributed by atoms with Gasteiger partial charge in [0.2, 0.25) is 7.59 Å². The molecular weight excluding hydrogens is 608 g/mol. The average Bonchev–Trinajstić information content (AvgIpc) is 3.40. The molecule has 34 heavy (non-hydrogen) atoms. The minimum absolute atomic E-state index is 0.0359. The van der Waals surface area contributed by atoms with Gasteiger partial charge in [0.25, 0.3) is 0 Å². The molecule has 0 saturated carbocycles. The van der Waals surface area contributed by atoms with E-state index in [4.69, 9.17) is 92.8 Å². The molecule has 0 aliphatic heterocycles. The van der Waals surface area contributed by atoms with E-state index in [0.29, 0.717) is 32.6 Å². The molecule has 0 radical (unpaired) electrons. The van der Waals surface area contributed by atoms with Gasteiger partial charge in [-0.2, -0.15) is 19.6 Å². The molecule has 2 aromatic carbocycles. The lowest BCUT2D eigenvalue weighted by molar-refractivity contribution is 0.237. The first-order chi connectivity index (χ1) is 15.8. The molecule has 0 atom stereocenters. The Morgan fingerprint density at radius 3 is 1.24 bits per heavy atom. The highest BCUT2D eigenvalue weighted by Gasteiger charge is 2.36. The van der Waals surface area contributed by atoms with Crippen molar-refractivity contribution in [2.24, 2.45) is 0 Å². The smallest absolute Gasteiger partial charge is 0.244 e. The quantitative estimate of drug-likeness (QED) is 0.211. The summed E-state index contributed by atoms with van der Waals surface area (Å²) in [5.41, 5.74) is 1.90. The monoisotopic (exact) mass is 614 g/mol. The zero-order valence-electron chi connectivity index (χ0n) is 16.5. The van der Waals surface area contributed by atoms with E-state index in [0.717, 1.165) is 9.36 Å². The first-order valence-electron chi connectivity index (χ1n) is 9.26. The molecule has 5 nitrogen and oxygen atoms in total. The summed E-state index contributed by atoms with van der Waals surface area (Å²) in [5.74, 6) is 0. The van der Waals surface area contributed by atoms with Crippen molar-refractivity contribution in [3.63, 3.8) is 0 Å². The Balaban J connectivity index is 1.86. The van der Waals surface area contributed by atoms with Crippen molar-refractivity contribution in [2.75, 3.05) is 0 Å². The van der Waals surface area contributed by atoms with Crippen molar-refractivity contribution in [1.29, 1.82) is 0 Å². The van der Waals surface area contributed by atoms with Crippen LogP contribution in [0.2, 0.25) is 10.0 Å². The third kappa shape index (κ3) is 5.48. The molecule has 2 aromatic heterocycles. The molecule has 0 aliphatic rings. The SMILES string of the molecule is O=C(n1nc(-c2ccc(Cl)cc2)cc1C(Cl)(Cl)Cl)n1nc(-c2ccc(Cl)cc2)cc1C(Cl)(Cl)Cl. The van der Waals surface area contributed by atoms with Gasteiger partial charge in [-0.1, -0.05) is 117 Å². The van der Waals surface area contributed by atoms with E-state index in [1.807, 2.05) is 0 Å².